The van der Waals surface area contributed by atoms with Crippen LogP contribution in [-0.2, 0) is 16.1 Å². The van der Waals surface area contributed by atoms with Crippen LogP contribution in [0.15, 0.2) is 34.2 Å². The van der Waals surface area contributed by atoms with E-state index in [1.807, 2.05) is 19.1 Å². The predicted octanol–water partition coefficient (Wildman–Crippen LogP) is 1.23. The molecule has 7 nitrogen and oxygen atoms in total. The van der Waals surface area contributed by atoms with Gasteiger partial charge in [0.05, 0.1) is 22.6 Å². The van der Waals surface area contributed by atoms with Crippen LogP contribution in [0.4, 0.5) is 0 Å². The number of primary amides is 1. The Hall–Kier alpha value is -2.35. The fraction of sp³-hybridized carbons (Fsp3) is 0.444. The van der Waals surface area contributed by atoms with Gasteiger partial charge in [0, 0.05) is 19.6 Å². The number of nitrogens with two attached hydrogens (primary N) is 1. The Morgan fingerprint density at radius 1 is 1.35 bits per heavy atom. The summed E-state index contributed by atoms with van der Waals surface area (Å²) in [5, 5.41) is 1.11. The molecule has 0 spiro atoms. The van der Waals surface area contributed by atoms with Gasteiger partial charge in [0.2, 0.25) is 11.8 Å². The number of fused-ring (bicyclic) bond motifs is 1. The lowest BCUT2D eigenvalue weighted by Crippen LogP contribution is -2.44. The van der Waals surface area contributed by atoms with Gasteiger partial charge >= 0.3 is 0 Å². The number of aromatic nitrogens is 2. The van der Waals surface area contributed by atoms with Crippen LogP contribution in [0.2, 0.25) is 0 Å². The number of thioether (sulfide) groups is 1. The van der Waals surface area contributed by atoms with Gasteiger partial charge in [-0.15, -0.1) is 0 Å². The predicted molar refractivity (Wildman–Crippen MR) is 101 cm³/mol. The standard InChI is InChI=1S/C18H22N4O3S/c1-2-22-17(25)13-7-3-4-8-14(13)20-18(22)26-11-15(23)21-9-5-6-12(10-21)16(19)24/h3-4,7-8,12H,2,5-6,9-11H2,1H3,(H2,19,24)/t12-/m0/s1. The Morgan fingerprint density at radius 3 is 2.85 bits per heavy atom. The fourth-order valence-electron chi connectivity index (χ4n) is 3.19. The molecule has 1 atom stereocenters. The number of amides is 2. The Bertz CT molecular complexity index is 896. The zero-order chi connectivity index (χ0) is 18.7. The number of nitrogens with zero attached hydrogens (tertiary/aromatic N) is 3. The number of hydrogen-bond acceptors (Lipinski definition) is 5. The summed E-state index contributed by atoms with van der Waals surface area (Å²) in [6.07, 6.45) is 1.51. The van der Waals surface area contributed by atoms with E-state index in [0.717, 1.165) is 12.8 Å². The summed E-state index contributed by atoms with van der Waals surface area (Å²) in [6.45, 7) is 3.38. The lowest BCUT2D eigenvalue weighted by Gasteiger charge is -2.31. The summed E-state index contributed by atoms with van der Waals surface area (Å²) in [4.78, 5) is 42.7. The van der Waals surface area contributed by atoms with Crippen molar-refractivity contribution < 1.29 is 9.59 Å². The van der Waals surface area contributed by atoms with E-state index in [2.05, 4.69) is 4.98 Å². The molecule has 0 bridgehead atoms. The first-order valence-corrected chi connectivity index (χ1v) is 9.69. The average molecular weight is 374 g/mol. The zero-order valence-corrected chi connectivity index (χ0v) is 15.5. The minimum Gasteiger partial charge on any atom is -0.369 e. The number of rotatable bonds is 5. The second-order valence-electron chi connectivity index (χ2n) is 6.33. The Kier molecular flexibility index (Phi) is 5.61. The Balaban J connectivity index is 1.76. The molecule has 1 saturated heterocycles. The SMILES string of the molecule is CCn1c(SCC(=O)N2CCC[C@H](C(N)=O)C2)nc2ccccc2c1=O. The van der Waals surface area contributed by atoms with Crippen LogP contribution in [-0.4, -0.2) is 45.1 Å². The normalized spacial score (nSPS) is 17.4. The van der Waals surface area contributed by atoms with E-state index >= 15 is 0 Å². The van der Waals surface area contributed by atoms with Crippen molar-refractivity contribution in [2.75, 3.05) is 18.8 Å². The highest BCUT2D eigenvalue weighted by Gasteiger charge is 2.27. The van der Waals surface area contributed by atoms with Gasteiger partial charge in [-0.25, -0.2) is 4.98 Å². The summed E-state index contributed by atoms with van der Waals surface area (Å²) >= 11 is 1.26. The minimum absolute atomic E-state index is 0.0639. The highest BCUT2D eigenvalue weighted by atomic mass is 32.2. The average Bonchev–Trinajstić information content (AvgIpc) is 2.66. The van der Waals surface area contributed by atoms with Gasteiger partial charge in [0.25, 0.3) is 5.56 Å². The lowest BCUT2D eigenvalue weighted by molar-refractivity contribution is -0.132. The third-order valence-electron chi connectivity index (χ3n) is 4.64. The quantitative estimate of drug-likeness (QED) is 0.627. The fourth-order valence-corrected chi connectivity index (χ4v) is 4.16. The number of carbonyl (C=O) groups excluding carboxylic acids is 2. The van der Waals surface area contributed by atoms with Gasteiger partial charge in [0.15, 0.2) is 5.16 Å². The molecule has 26 heavy (non-hydrogen) atoms. The first kappa shape index (κ1) is 18.4. The molecule has 138 valence electrons. The van der Waals surface area contributed by atoms with Crippen LogP contribution in [0.3, 0.4) is 0 Å². The molecule has 2 N–H and O–H groups in total. The molecule has 0 radical (unpaired) electrons. The van der Waals surface area contributed by atoms with Crippen LogP contribution in [0, 0.1) is 5.92 Å². The maximum atomic E-state index is 12.6. The molecule has 1 fully saturated rings. The molecular formula is C18H22N4O3S. The molecule has 3 rings (SSSR count). The maximum absolute atomic E-state index is 12.6. The number of piperidine rings is 1. The molecule has 0 saturated carbocycles. The van der Waals surface area contributed by atoms with Gasteiger partial charge in [-0.1, -0.05) is 23.9 Å². The Labute approximate surface area is 155 Å². The third-order valence-corrected chi connectivity index (χ3v) is 5.61. The van der Waals surface area contributed by atoms with E-state index in [1.54, 1.807) is 21.6 Å². The molecule has 1 aliphatic heterocycles. The maximum Gasteiger partial charge on any atom is 0.262 e. The van der Waals surface area contributed by atoms with Gasteiger partial charge in [-0.2, -0.15) is 0 Å². The minimum atomic E-state index is -0.355. The zero-order valence-electron chi connectivity index (χ0n) is 14.7. The second-order valence-corrected chi connectivity index (χ2v) is 7.27. The lowest BCUT2D eigenvalue weighted by atomic mass is 9.97. The van der Waals surface area contributed by atoms with Crippen molar-refractivity contribution in [2.45, 2.75) is 31.5 Å². The van der Waals surface area contributed by atoms with E-state index in [9.17, 15) is 14.4 Å². The summed E-state index contributed by atoms with van der Waals surface area (Å²) in [7, 11) is 0. The summed E-state index contributed by atoms with van der Waals surface area (Å²) in [5.41, 5.74) is 5.90. The van der Waals surface area contributed by atoms with Crippen molar-refractivity contribution in [2.24, 2.45) is 11.7 Å². The number of carbonyl (C=O) groups is 2. The summed E-state index contributed by atoms with van der Waals surface area (Å²) in [5.74, 6) is -0.515. The molecule has 1 aromatic carbocycles. The van der Waals surface area contributed by atoms with Gasteiger partial charge in [-0.3, -0.25) is 19.0 Å². The topological polar surface area (TPSA) is 98.3 Å². The molecule has 2 amide bonds. The summed E-state index contributed by atoms with van der Waals surface area (Å²) in [6, 6.07) is 7.20. The van der Waals surface area contributed by atoms with E-state index in [-0.39, 0.29) is 29.0 Å². The first-order valence-electron chi connectivity index (χ1n) is 8.70. The third kappa shape index (κ3) is 3.75. The molecule has 8 heteroatoms. The number of likely N-dealkylation sites (tertiary alicyclic amines) is 1. The molecule has 1 aromatic heterocycles. The smallest absolute Gasteiger partial charge is 0.262 e. The largest absolute Gasteiger partial charge is 0.369 e. The number of benzene rings is 1. The van der Waals surface area contributed by atoms with E-state index in [1.165, 1.54) is 11.8 Å². The monoisotopic (exact) mass is 374 g/mol. The molecule has 2 heterocycles. The van der Waals surface area contributed by atoms with Crippen molar-refractivity contribution in [1.29, 1.82) is 0 Å². The van der Waals surface area contributed by atoms with Crippen molar-refractivity contribution in [3.8, 4) is 0 Å². The van der Waals surface area contributed by atoms with Crippen LogP contribution in [0.25, 0.3) is 10.9 Å². The van der Waals surface area contributed by atoms with Gasteiger partial charge in [0.1, 0.15) is 0 Å². The van der Waals surface area contributed by atoms with Crippen molar-refractivity contribution >= 4 is 34.5 Å². The van der Waals surface area contributed by atoms with Crippen LogP contribution < -0.4 is 11.3 Å². The highest BCUT2D eigenvalue weighted by molar-refractivity contribution is 7.99. The van der Waals surface area contributed by atoms with Crippen molar-refractivity contribution in [1.82, 2.24) is 14.5 Å². The first-order chi connectivity index (χ1) is 12.5. The molecule has 2 aromatic rings. The van der Waals surface area contributed by atoms with Crippen molar-refractivity contribution in [3.05, 3.63) is 34.6 Å². The number of para-hydroxylation sites is 1. The second kappa shape index (κ2) is 7.90. The molecule has 0 aliphatic carbocycles. The van der Waals surface area contributed by atoms with E-state index < -0.39 is 0 Å². The van der Waals surface area contributed by atoms with Crippen molar-refractivity contribution in [3.63, 3.8) is 0 Å². The highest BCUT2D eigenvalue weighted by Crippen LogP contribution is 2.21. The van der Waals surface area contributed by atoms with Crippen LogP contribution >= 0.6 is 11.8 Å². The summed E-state index contributed by atoms with van der Waals surface area (Å²) < 4.78 is 1.59. The van der Waals surface area contributed by atoms with Gasteiger partial charge in [-0.05, 0) is 31.9 Å². The van der Waals surface area contributed by atoms with Crippen LogP contribution in [0.1, 0.15) is 19.8 Å². The van der Waals surface area contributed by atoms with E-state index in [4.69, 9.17) is 5.73 Å². The molecular weight excluding hydrogens is 352 g/mol. The Morgan fingerprint density at radius 2 is 2.12 bits per heavy atom. The molecule has 1 aliphatic rings. The molecule has 0 unspecified atom stereocenters. The van der Waals surface area contributed by atoms with Gasteiger partial charge < -0.3 is 10.6 Å². The van der Waals surface area contributed by atoms with Crippen LogP contribution in [0.5, 0.6) is 0 Å². The van der Waals surface area contributed by atoms with E-state index in [0.29, 0.717) is 35.7 Å². The number of hydrogen-bond donors (Lipinski definition) is 1.